The minimum atomic E-state index is -4.85. The first-order valence-corrected chi connectivity index (χ1v) is 11.3. The van der Waals surface area contributed by atoms with Crippen molar-refractivity contribution in [2.24, 2.45) is 0 Å². The second-order valence-corrected chi connectivity index (χ2v) is 8.63. The predicted molar refractivity (Wildman–Crippen MR) is 125 cm³/mol. The van der Waals surface area contributed by atoms with Crippen LogP contribution in [0.5, 0.6) is 5.75 Å². The molecule has 5 rings (SSSR count). The summed E-state index contributed by atoms with van der Waals surface area (Å²) < 4.78 is 73.1. The molecule has 0 aliphatic heterocycles. The standard InChI is InChI=1S/C24H18F5N7O3/c1-14(23(38,11-34-13-30-12-32-34)19-7-2-16(25)8-20(19)26)36-22(37)21-15(9-31-36)10-35(33-21)17-3-5-18(6-4-17)39-24(27,28)29/h2-10,12-14,38H,11H2,1H3/t14-,23-/m1/s1. The molecule has 3 heterocycles. The number of halogens is 5. The molecule has 0 spiro atoms. The summed E-state index contributed by atoms with van der Waals surface area (Å²) in [4.78, 5) is 17.2. The molecule has 10 nitrogen and oxygen atoms in total. The minimum absolute atomic E-state index is 0.0739. The van der Waals surface area contributed by atoms with E-state index in [-0.39, 0.29) is 17.6 Å². The molecule has 0 fully saturated rings. The molecule has 0 saturated carbocycles. The van der Waals surface area contributed by atoms with Crippen molar-refractivity contribution in [3.63, 3.8) is 0 Å². The number of rotatable bonds is 7. The van der Waals surface area contributed by atoms with Crippen LogP contribution in [0.1, 0.15) is 18.5 Å². The molecule has 0 radical (unpaired) electrons. The van der Waals surface area contributed by atoms with Crippen LogP contribution in [-0.2, 0) is 12.1 Å². The molecule has 0 aliphatic rings. The Hall–Kier alpha value is -4.66. The highest BCUT2D eigenvalue weighted by atomic mass is 19.4. The lowest BCUT2D eigenvalue weighted by Gasteiger charge is -2.34. The molecule has 3 aromatic heterocycles. The van der Waals surface area contributed by atoms with Crippen molar-refractivity contribution in [1.82, 2.24) is 34.3 Å². The highest BCUT2D eigenvalue weighted by Crippen LogP contribution is 2.36. The van der Waals surface area contributed by atoms with E-state index >= 15 is 0 Å². The van der Waals surface area contributed by atoms with Gasteiger partial charge in [0.1, 0.15) is 35.6 Å². The van der Waals surface area contributed by atoms with Crippen LogP contribution in [0, 0.1) is 11.6 Å². The molecule has 0 saturated heterocycles. The summed E-state index contributed by atoms with van der Waals surface area (Å²) in [5, 5.41) is 24.4. The van der Waals surface area contributed by atoms with Crippen LogP contribution in [0.3, 0.4) is 0 Å². The lowest BCUT2D eigenvalue weighted by atomic mass is 9.86. The molecule has 0 unspecified atom stereocenters. The second kappa shape index (κ2) is 9.58. The van der Waals surface area contributed by atoms with Gasteiger partial charge >= 0.3 is 6.36 Å². The number of alkyl halides is 3. The van der Waals surface area contributed by atoms with Gasteiger partial charge < -0.3 is 9.84 Å². The molecule has 5 aromatic rings. The van der Waals surface area contributed by atoms with Crippen LogP contribution in [-0.4, -0.2) is 45.8 Å². The van der Waals surface area contributed by atoms with Gasteiger partial charge in [-0.1, -0.05) is 6.07 Å². The Morgan fingerprint density at radius 1 is 1.08 bits per heavy atom. The summed E-state index contributed by atoms with van der Waals surface area (Å²) in [5.41, 5.74) is -2.93. The largest absolute Gasteiger partial charge is 0.573 e. The van der Waals surface area contributed by atoms with Crippen molar-refractivity contribution >= 4 is 10.9 Å². The van der Waals surface area contributed by atoms with Crippen LogP contribution < -0.4 is 10.3 Å². The SMILES string of the molecule is C[C@@H](n1ncc2cn(-c3ccc(OC(F)(F)F)cc3)nc2c1=O)[C@](O)(Cn1cncn1)c1ccc(F)cc1F. The third-order valence-electron chi connectivity index (χ3n) is 6.13. The predicted octanol–water partition coefficient (Wildman–Crippen LogP) is 3.50. The van der Waals surface area contributed by atoms with Crippen molar-refractivity contribution in [3.8, 4) is 11.4 Å². The maximum atomic E-state index is 14.9. The van der Waals surface area contributed by atoms with E-state index in [0.717, 1.165) is 28.9 Å². The molecule has 2 aromatic carbocycles. The van der Waals surface area contributed by atoms with Gasteiger partial charge in [0.25, 0.3) is 5.56 Å². The van der Waals surface area contributed by atoms with Crippen molar-refractivity contribution in [2.45, 2.75) is 31.5 Å². The Bertz CT molecular complexity index is 1680. The van der Waals surface area contributed by atoms with Crippen LogP contribution in [0.4, 0.5) is 22.0 Å². The Balaban J connectivity index is 1.54. The molecule has 39 heavy (non-hydrogen) atoms. The number of ether oxygens (including phenoxy) is 1. The zero-order valence-corrected chi connectivity index (χ0v) is 19.9. The summed E-state index contributed by atoms with van der Waals surface area (Å²) in [7, 11) is 0. The third kappa shape index (κ3) is 5.07. The summed E-state index contributed by atoms with van der Waals surface area (Å²) in [6.07, 6.45) is 0.388. The van der Waals surface area contributed by atoms with E-state index in [1.54, 1.807) is 0 Å². The van der Waals surface area contributed by atoms with E-state index in [4.69, 9.17) is 0 Å². The Morgan fingerprint density at radius 2 is 1.82 bits per heavy atom. The average Bonchev–Trinajstić information content (AvgIpc) is 3.53. The molecule has 202 valence electrons. The van der Waals surface area contributed by atoms with Crippen LogP contribution in [0.2, 0.25) is 0 Å². The van der Waals surface area contributed by atoms with Crippen LogP contribution >= 0.6 is 0 Å². The van der Waals surface area contributed by atoms with E-state index < -0.39 is 40.9 Å². The number of hydrogen-bond donors (Lipinski definition) is 1. The highest BCUT2D eigenvalue weighted by Gasteiger charge is 2.41. The van der Waals surface area contributed by atoms with Gasteiger partial charge in [-0.3, -0.25) is 4.79 Å². The summed E-state index contributed by atoms with van der Waals surface area (Å²) in [6, 6.07) is 6.25. The monoisotopic (exact) mass is 547 g/mol. The van der Waals surface area contributed by atoms with Crippen LogP contribution in [0.25, 0.3) is 16.6 Å². The first kappa shape index (κ1) is 26.0. The zero-order chi connectivity index (χ0) is 27.9. The maximum absolute atomic E-state index is 14.9. The van der Waals surface area contributed by atoms with Gasteiger partial charge in [0.2, 0.25) is 0 Å². The lowest BCUT2D eigenvalue weighted by Crippen LogP contribution is -2.44. The molecule has 0 bridgehead atoms. The van der Waals surface area contributed by atoms with Gasteiger partial charge in [-0.15, -0.1) is 13.2 Å². The quantitative estimate of drug-likeness (QED) is 0.311. The van der Waals surface area contributed by atoms with Gasteiger partial charge in [-0.25, -0.2) is 27.8 Å². The van der Waals surface area contributed by atoms with E-state index in [2.05, 4.69) is 25.0 Å². The number of nitrogens with zero attached hydrogens (tertiary/aromatic N) is 7. The second-order valence-electron chi connectivity index (χ2n) is 8.63. The van der Waals surface area contributed by atoms with E-state index in [0.29, 0.717) is 17.1 Å². The molecule has 0 amide bonds. The van der Waals surface area contributed by atoms with Gasteiger partial charge in [0.05, 0.1) is 24.5 Å². The minimum Gasteiger partial charge on any atom is -0.406 e. The maximum Gasteiger partial charge on any atom is 0.573 e. The lowest BCUT2D eigenvalue weighted by molar-refractivity contribution is -0.274. The third-order valence-corrected chi connectivity index (χ3v) is 6.13. The first-order valence-electron chi connectivity index (χ1n) is 11.3. The molecular formula is C24H18F5N7O3. The number of benzene rings is 2. The Kier molecular flexibility index (Phi) is 6.38. The Morgan fingerprint density at radius 3 is 2.46 bits per heavy atom. The van der Waals surface area contributed by atoms with Gasteiger partial charge in [0, 0.05) is 23.2 Å². The smallest absolute Gasteiger partial charge is 0.406 e. The van der Waals surface area contributed by atoms with Crippen molar-refractivity contribution in [3.05, 3.63) is 95.1 Å². The number of aliphatic hydroxyl groups is 1. The van der Waals surface area contributed by atoms with Crippen molar-refractivity contribution in [2.75, 3.05) is 0 Å². The summed E-state index contributed by atoms with van der Waals surface area (Å²) in [5.74, 6) is -2.33. The summed E-state index contributed by atoms with van der Waals surface area (Å²) >= 11 is 0. The fourth-order valence-electron chi connectivity index (χ4n) is 4.19. The van der Waals surface area contributed by atoms with E-state index in [1.807, 2.05) is 0 Å². The van der Waals surface area contributed by atoms with Crippen LogP contribution in [0.15, 0.2) is 72.3 Å². The van der Waals surface area contributed by atoms with Gasteiger partial charge in [-0.2, -0.15) is 15.3 Å². The van der Waals surface area contributed by atoms with Gasteiger partial charge in [-0.05, 0) is 37.3 Å². The average molecular weight is 547 g/mol. The topological polar surface area (TPSA) is 113 Å². The molecule has 15 heteroatoms. The van der Waals surface area contributed by atoms with Gasteiger partial charge in [0.15, 0.2) is 5.52 Å². The van der Waals surface area contributed by atoms with Crippen molar-refractivity contribution < 1.29 is 31.8 Å². The normalized spacial score (nSPS) is 14.3. The summed E-state index contributed by atoms with van der Waals surface area (Å²) in [6.45, 7) is 1.07. The Labute approximate surface area is 215 Å². The molecule has 2 atom stereocenters. The van der Waals surface area contributed by atoms with Crippen molar-refractivity contribution in [1.29, 1.82) is 0 Å². The van der Waals surface area contributed by atoms with E-state index in [1.165, 1.54) is 53.5 Å². The molecule has 0 aliphatic carbocycles. The first-order chi connectivity index (χ1) is 18.4. The fourth-order valence-corrected chi connectivity index (χ4v) is 4.19. The molecular weight excluding hydrogens is 529 g/mol. The fraction of sp³-hybridized carbons (Fsp3) is 0.208. The van der Waals surface area contributed by atoms with E-state index in [9.17, 15) is 31.9 Å². The highest BCUT2D eigenvalue weighted by molar-refractivity contribution is 5.76. The number of hydrogen-bond acceptors (Lipinski definition) is 7. The number of fused-ring (bicyclic) bond motifs is 1. The molecule has 1 N–H and O–H groups in total. The number of aromatic nitrogens is 7. The zero-order valence-electron chi connectivity index (χ0n) is 19.9.